The number of para-hydroxylation sites is 1. The van der Waals surface area contributed by atoms with E-state index < -0.39 is 0 Å². The fourth-order valence-corrected chi connectivity index (χ4v) is 7.54. The third-order valence-electron chi connectivity index (χ3n) is 9.09. The van der Waals surface area contributed by atoms with Crippen LogP contribution in [0, 0.1) is 0 Å². The van der Waals surface area contributed by atoms with E-state index in [-0.39, 0.29) is 12.1 Å². The molecule has 4 aliphatic rings. The van der Waals surface area contributed by atoms with Gasteiger partial charge in [-0.25, -0.2) is 0 Å². The molecule has 0 saturated heterocycles. The average Bonchev–Trinajstić information content (AvgIpc) is 3.64. The highest BCUT2D eigenvalue weighted by molar-refractivity contribution is 6.41. The van der Waals surface area contributed by atoms with Gasteiger partial charge in [-0.15, -0.1) is 0 Å². The maximum absolute atomic E-state index is 7.90. The fraction of sp³-hybridized carbons (Fsp3) is 0.317. The van der Waals surface area contributed by atoms with Crippen LogP contribution in [-0.2, 0) is 0 Å². The Kier molecular flexibility index (Phi) is 10.7. The lowest BCUT2D eigenvalue weighted by Crippen LogP contribution is -2.36. The van der Waals surface area contributed by atoms with Crippen molar-refractivity contribution in [3.63, 3.8) is 0 Å². The SMILES string of the molecule is CC/C=C\C(C)N(C1=CCCC1)c1c(Cl)cc(N(C2=CCCC=C2)C2=CC=CCC2)c(Cl)c1N(c1ccccc1)C1C=CC=CC1. The largest absolute Gasteiger partial charge is 0.336 e. The molecule has 0 aromatic heterocycles. The van der Waals surface area contributed by atoms with E-state index in [0.717, 1.165) is 86.2 Å². The summed E-state index contributed by atoms with van der Waals surface area (Å²) in [5.41, 5.74) is 7.59. The summed E-state index contributed by atoms with van der Waals surface area (Å²) in [6.45, 7) is 4.46. The summed E-state index contributed by atoms with van der Waals surface area (Å²) in [5.74, 6) is 0. The van der Waals surface area contributed by atoms with Gasteiger partial charge in [-0.2, -0.15) is 0 Å². The molecular formula is C41H45Cl2N3. The predicted octanol–water partition coefficient (Wildman–Crippen LogP) is 12.5. The Hall–Kier alpha value is -3.66. The molecule has 0 bridgehead atoms. The molecule has 2 aromatic carbocycles. The molecule has 3 nitrogen and oxygen atoms in total. The van der Waals surface area contributed by atoms with Crippen LogP contribution < -0.4 is 14.7 Å². The average molecular weight is 651 g/mol. The van der Waals surface area contributed by atoms with Crippen molar-refractivity contribution >= 4 is 46.0 Å². The van der Waals surface area contributed by atoms with Crippen molar-refractivity contribution in [2.24, 2.45) is 0 Å². The number of rotatable bonds is 11. The van der Waals surface area contributed by atoms with Crippen LogP contribution in [0.1, 0.15) is 71.6 Å². The Morgan fingerprint density at radius 2 is 1.76 bits per heavy atom. The number of allylic oxidation sites excluding steroid dienone is 12. The molecular weight excluding hydrogens is 605 g/mol. The van der Waals surface area contributed by atoms with Crippen molar-refractivity contribution in [2.75, 3.05) is 14.7 Å². The molecule has 0 spiro atoms. The summed E-state index contributed by atoms with van der Waals surface area (Å²) in [6, 6.07) is 12.9. The maximum Gasteiger partial charge on any atom is 0.0906 e. The van der Waals surface area contributed by atoms with Crippen molar-refractivity contribution in [1.82, 2.24) is 0 Å². The molecule has 2 aromatic rings. The normalized spacial score (nSPS) is 19.7. The highest BCUT2D eigenvalue weighted by Crippen LogP contribution is 2.53. The molecule has 6 rings (SSSR count). The van der Waals surface area contributed by atoms with Crippen LogP contribution in [0.4, 0.5) is 22.7 Å². The van der Waals surface area contributed by atoms with Gasteiger partial charge in [0, 0.05) is 28.8 Å². The summed E-state index contributed by atoms with van der Waals surface area (Å²) >= 11 is 15.5. The van der Waals surface area contributed by atoms with Gasteiger partial charge in [-0.3, -0.25) is 0 Å². The van der Waals surface area contributed by atoms with Gasteiger partial charge < -0.3 is 14.7 Å². The third-order valence-corrected chi connectivity index (χ3v) is 9.75. The smallest absolute Gasteiger partial charge is 0.0906 e. The van der Waals surface area contributed by atoms with Crippen LogP contribution in [0.5, 0.6) is 0 Å². The monoisotopic (exact) mass is 649 g/mol. The first-order valence-electron chi connectivity index (χ1n) is 17.0. The van der Waals surface area contributed by atoms with E-state index >= 15 is 0 Å². The van der Waals surface area contributed by atoms with Gasteiger partial charge in [0.1, 0.15) is 0 Å². The summed E-state index contributed by atoms with van der Waals surface area (Å²) in [6.07, 6.45) is 38.2. The van der Waals surface area contributed by atoms with Crippen LogP contribution in [0.15, 0.2) is 132 Å². The van der Waals surface area contributed by atoms with Gasteiger partial charge >= 0.3 is 0 Å². The molecule has 0 aliphatic heterocycles. The Bertz CT molecular complexity index is 1640. The Morgan fingerprint density at radius 3 is 2.43 bits per heavy atom. The van der Waals surface area contributed by atoms with Crippen LogP contribution >= 0.6 is 23.2 Å². The molecule has 0 heterocycles. The lowest BCUT2D eigenvalue weighted by Gasteiger charge is -2.41. The van der Waals surface area contributed by atoms with Crippen LogP contribution in [0.2, 0.25) is 10.0 Å². The number of benzene rings is 2. The van der Waals surface area contributed by atoms with Crippen molar-refractivity contribution in [3.8, 4) is 0 Å². The summed E-state index contributed by atoms with van der Waals surface area (Å²) in [5, 5.41) is 1.41. The lowest BCUT2D eigenvalue weighted by atomic mass is 10.0. The molecule has 0 fully saturated rings. The zero-order chi connectivity index (χ0) is 31.9. The predicted molar refractivity (Wildman–Crippen MR) is 200 cm³/mol. The molecule has 2 unspecified atom stereocenters. The second kappa shape index (κ2) is 15.3. The van der Waals surface area contributed by atoms with Gasteiger partial charge in [-0.1, -0.05) is 115 Å². The summed E-state index contributed by atoms with van der Waals surface area (Å²) < 4.78 is 0. The molecule has 5 heteroatoms. The summed E-state index contributed by atoms with van der Waals surface area (Å²) in [4.78, 5) is 7.22. The fourth-order valence-electron chi connectivity index (χ4n) is 6.94. The lowest BCUT2D eigenvalue weighted by molar-refractivity contribution is 0.759. The number of hydrogen-bond donors (Lipinski definition) is 0. The molecule has 2 atom stereocenters. The number of halogens is 2. The van der Waals surface area contributed by atoms with E-state index in [1.54, 1.807) is 0 Å². The standard InChI is InChI=1S/C41H45Cl2N3/c1-3-4-19-31(2)44(32-28-17-18-29-32)40-37(42)30-38(45(33-20-9-5-10-21-33)34-22-11-6-12-23-34)39(43)41(40)46(35-24-13-7-14-25-35)36-26-15-8-16-27-36/h4-5,7-9,11,13-16,19-20,22-26,28,30-31,36H,3,6,10,12,17-18,21,27,29H2,1-2H3/b19-4-. The molecule has 0 saturated carbocycles. The highest BCUT2D eigenvalue weighted by Gasteiger charge is 2.34. The Morgan fingerprint density at radius 1 is 0.891 bits per heavy atom. The van der Waals surface area contributed by atoms with Crippen LogP contribution in [0.25, 0.3) is 0 Å². The van der Waals surface area contributed by atoms with E-state index in [1.807, 2.05) is 0 Å². The van der Waals surface area contributed by atoms with Gasteiger partial charge in [0.05, 0.1) is 33.1 Å². The Labute approximate surface area is 285 Å². The number of nitrogens with zero attached hydrogens (tertiary/aromatic N) is 3. The number of anilines is 4. The van der Waals surface area contributed by atoms with Crippen molar-refractivity contribution < 1.29 is 0 Å². The topological polar surface area (TPSA) is 9.72 Å². The summed E-state index contributed by atoms with van der Waals surface area (Å²) in [7, 11) is 0. The van der Waals surface area contributed by atoms with Crippen molar-refractivity contribution in [3.05, 3.63) is 143 Å². The second-order valence-corrected chi connectivity index (χ2v) is 13.1. The molecule has 238 valence electrons. The minimum absolute atomic E-state index is 0.0648. The minimum atomic E-state index is 0.0648. The van der Waals surface area contributed by atoms with Crippen LogP contribution in [-0.4, -0.2) is 12.1 Å². The van der Waals surface area contributed by atoms with Crippen LogP contribution in [0.3, 0.4) is 0 Å². The molecule has 0 amide bonds. The van der Waals surface area contributed by atoms with Gasteiger partial charge in [-0.05, 0) is 95.1 Å². The zero-order valence-corrected chi connectivity index (χ0v) is 28.6. The minimum Gasteiger partial charge on any atom is -0.336 e. The quantitative estimate of drug-likeness (QED) is 0.224. The third kappa shape index (κ3) is 6.87. The molecule has 0 N–H and O–H groups in total. The van der Waals surface area contributed by atoms with E-state index in [4.69, 9.17) is 23.2 Å². The molecule has 0 radical (unpaired) electrons. The van der Waals surface area contributed by atoms with Gasteiger partial charge in [0.25, 0.3) is 0 Å². The first-order valence-corrected chi connectivity index (χ1v) is 17.7. The van der Waals surface area contributed by atoms with E-state index in [2.05, 4.69) is 144 Å². The van der Waals surface area contributed by atoms with Gasteiger partial charge in [0.2, 0.25) is 0 Å². The first-order chi connectivity index (χ1) is 22.6. The highest BCUT2D eigenvalue weighted by atomic mass is 35.5. The zero-order valence-electron chi connectivity index (χ0n) is 27.1. The van der Waals surface area contributed by atoms with Crippen molar-refractivity contribution in [2.45, 2.75) is 83.7 Å². The van der Waals surface area contributed by atoms with Gasteiger partial charge in [0.15, 0.2) is 0 Å². The van der Waals surface area contributed by atoms with E-state index in [0.29, 0.717) is 10.0 Å². The Balaban J connectivity index is 1.66. The second-order valence-electron chi connectivity index (χ2n) is 12.3. The first kappa shape index (κ1) is 32.3. The van der Waals surface area contributed by atoms with E-state index in [1.165, 1.54) is 11.4 Å². The maximum atomic E-state index is 7.90. The molecule has 4 aliphatic carbocycles. The molecule has 46 heavy (non-hydrogen) atoms. The number of hydrogen-bond acceptors (Lipinski definition) is 3. The van der Waals surface area contributed by atoms with Crippen molar-refractivity contribution in [1.29, 1.82) is 0 Å². The van der Waals surface area contributed by atoms with E-state index in [9.17, 15) is 0 Å².